The lowest BCUT2D eigenvalue weighted by atomic mass is 10.1. The molecule has 0 aromatic heterocycles. The van der Waals surface area contributed by atoms with Gasteiger partial charge in [0, 0.05) is 5.56 Å². The summed E-state index contributed by atoms with van der Waals surface area (Å²) in [7, 11) is 0. The molecule has 0 spiro atoms. The molecule has 2 rings (SSSR count). The highest BCUT2D eigenvalue weighted by Crippen LogP contribution is 2.19. The number of benzene rings is 1. The molecule has 1 saturated heterocycles. The molecule has 0 aliphatic carbocycles. The van der Waals surface area contributed by atoms with Crippen molar-refractivity contribution in [1.29, 1.82) is 0 Å². The molecule has 1 unspecified atom stereocenters. The van der Waals surface area contributed by atoms with Crippen molar-refractivity contribution in [2.24, 2.45) is 0 Å². The van der Waals surface area contributed by atoms with Crippen molar-refractivity contribution in [3.63, 3.8) is 0 Å². The zero-order valence-electron chi connectivity index (χ0n) is 11.0. The number of carbonyl (C=O) groups excluding carboxylic acids is 1. The van der Waals surface area contributed by atoms with Crippen LogP contribution in [0.2, 0.25) is 0 Å². The van der Waals surface area contributed by atoms with Crippen LogP contribution in [0.1, 0.15) is 43.0 Å². The molecule has 1 fully saturated rings. The van der Waals surface area contributed by atoms with Gasteiger partial charge in [0.2, 0.25) is 0 Å². The van der Waals surface area contributed by atoms with E-state index in [1.54, 1.807) is 0 Å². The summed E-state index contributed by atoms with van der Waals surface area (Å²) in [5, 5.41) is 0. The molecule has 2 nitrogen and oxygen atoms in total. The molecule has 1 aliphatic heterocycles. The van der Waals surface area contributed by atoms with Crippen molar-refractivity contribution in [2.75, 3.05) is 13.1 Å². The fourth-order valence-corrected chi connectivity index (χ4v) is 2.60. The van der Waals surface area contributed by atoms with E-state index >= 15 is 0 Å². The standard InChI is InChI=1S/C15H21NO.ClH/c1-2-8-14(16-11-6-7-12-16)15(17)13-9-4-3-5-10-13;/h3-5,9-10,14H,2,6-8,11-12H2,1H3;1H/i3+1,4+1,5+1,9+1,10+1,13+1;. The predicted molar refractivity (Wildman–Crippen MR) is 77.5 cm³/mol. The Labute approximate surface area is 116 Å². The second-order valence-electron chi connectivity index (χ2n) is 4.78. The van der Waals surface area contributed by atoms with E-state index in [1.165, 1.54) is 12.8 Å². The van der Waals surface area contributed by atoms with Gasteiger partial charge >= 0.3 is 0 Å². The Morgan fingerprint density at radius 3 is 2.39 bits per heavy atom. The minimum atomic E-state index is 0. The van der Waals surface area contributed by atoms with Crippen molar-refractivity contribution >= 4 is 18.2 Å². The number of rotatable bonds is 5. The van der Waals surface area contributed by atoms with Crippen LogP contribution in [0, 0.1) is 0 Å². The van der Waals surface area contributed by atoms with Crippen LogP contribution in [-0.2, 0) is 0 Å². The van der Waals surface area contributed by atoms with Crippen molar-refractivity contribution in [2.45, 2.75) is 38.6 Å². The zero-order chi connectivity index (χ0) is 12.1. The molecular weight excluding hydrogens is 252 g/mol. The first-order chi connectivity index (χ1) is 8.33. The summed E-state index contributed by atoms with van der Waals surface area (Å²) < 4.78 is 0. The molecule has 0 amide bonds. The molecule has 18 heavy (non-hydrogen) atoms. The lowest BCUT2D eigenvalue weighted by Gasteiger charge is -2.26. The van der Waals surface area contributed by atoms with Crippen LogP contribution in [0.5, 0.6) is 0 Å². The molecule has 0 bridgehead atoms. The van der Waals surface area contributed by atoms with Crippen LogP contribution in [-0.4, -0.2) is 29.8 Å². The molecule has 1 heterocycles. The van der Waals surface area contributed by atoms with E-state index in [0.717, 1.165) is 31.5 Å². The molecule has 1 aliphatic rings. The smallest absolute Gasteiger partial charge is 0.179 e. The van der Waals surface area contributed by atoms with E-state index in [-0.39, 0.29) is 18.4 Å². The monoisotopic (exact) mass is 273 g/mol. The maximum Gasteiger partial charge on any atom is 0.179 e. The van der Waals surface area contributed by atoms with E-state index in [1.807, 2.05) is 30.3 Å². The van der Waals surface area contributed by atoms with Gasteiger partial charge in [-0.2, -0.15) is 0 Å². The molecule has 100 valence electrons. The summed E-state index contributed by atoms with van der Waals surface area (Å²) in [6.45, 7) is 4.33. The summed E-state index contributed by atoms with van der Waals surface area (Å²) in [6.07, 6.45) is 4.53. The number of halogens is 1. The second kappa shape index (κ2) is 7.55. The fraction of sp³-hybridized carbons (Fsp3) is 0.533. The third kappa shape index (κ3) is 3.56. The van der Waals surface area contributed by atoms with Crippen LogP contribution in [0.25, 0.3) is 0 Å². The number of ketones is 1. The quantitative estimate of drug-likeness (QED) is 0.765. The topological polar surface area (TPSA) is 20.3 Å². The Kier molecular flexibility index (Phi) is 6.37. The van der Waals surface area contributed by atoms with Gasteiger partial charge in [0.25, 0.3) is 0 Å². The van der Waals surface area contributed by atoms with Gasteiger partial charge in [0.05, 0.1) is 6.04 Å². The molecule has 1 atom stereocenters. The highest BCUT2D eigenvalue weighted by Gasteiger charge is 2.27. The van der Waals surface area contributed by atoms with Crippen LogP contribution >= 0.6 is 12.4 Å². The summed E-state index contributed by atoms with van der Waals surface area (Å²) >= 11 is 0. The normalized spacial score (nSPS) is 17.2. The first-order valence-electron chi connectivity index (χ1n) is 6.66. The Bertz CT molecular complexity index is 360. The van der Waals surface area contributed by atoms with Crippen molar-refractivity contribution in [3.8, 4) is 0 Å². The zero-order valence-corrected chi connectivity index (χ0v) is 11.8. The average molecular weight is 274 g/mol. The first-order valence-corrected chi connectivity index (χ1v) is 6.66. The van der Waals surface area contributed by atoms with E-state index in [2.05, 4.69) is 11.8 Å². The highest BCUT2D eigenvalue weighted by molar-refractivity contribution is 6.00. The van der Waals surface area contributed by atoms with Crippen molar-refractivity contribution < 1.29 is 4.79 Å². The molecule has 1 aromatic rings. The molecule has 0 N–H and O–H groups in total. The van der Waals surface area contributed by atoms with E-state index in [9.17, 15) is 4.79 Å². The first kappa shape index (κ1) is 15.2. The summed E-state index contributed by atoms with van der Waals surface area (Å²) in [5.41, 5.74) is 0.859. The number of Topliss-reactive ketones (excluding diaryl/α,β-unsaturated/α-hetero) is 1. The number of hydrogen-bond donors (Lipinski definition) is 0. The van der Waals surface area contributed by atoms with E-state index in [0.29, 0.717) is 5.78 Å². The molecule has 3 heteroatoms. The fourth-order valence-electron chi connectivity index (χ4n) is 2.60. The molecular formula is C15H22ClNO. The Morgan fingerprint density at radius 2 is 1.83 bits per heavy atom. The van der Waals surface area contributed by atoms with Gasteiger partial charge in [0.1, 0.15) is 0 Å². The van der Waals surface area contributed by atoms with Crippen LogP contribution in [0.3, 0.4) is 0 Å². The van der Waals surface area contributed by atoms with E-state index in [4.69, 9.17) is 0 Å². The second-order valence-corrected chi connectivity index (χ2v) is 4.78. The lowest BCUT2D eigenvalue weighted by molar-refractivity contribution is 0.0837. The SMILES string of the molecule is CCCC(C(=O)[13c]1[13cH][13cH][13cH][13cH][13cH]1)N1CCCC1.Cl. The van der Waals surface area contributed by atoms with Gasteiger partial charge in [-0.25, -0.2) is 0 Å². The van der Waals surface area contributed by atoms with Gasteiger partial charge in [-0.15, -0.1) is 12.4 Å². The number of hydrogen-bond acceptors (Lipinski definition) is 2. The number of likely N-dealkylation sites (tertiary alicyclic amines) is 1. The largest absolute Gasteiger partial charge is 0.293 e. The van der Waals surface area contributed by atoms with Gasteiger partial charge in [-0.05, 0) is 32.4 Å². The van der Waals surface area contributed by atoms with Gasteiger partial charge in [-0.1, -0.05) is 43.7 Å². The number of carbonyl (C=O) groups is 1. The molecule has 0 saturated carbocycles. The maximum absolute atomic E-state index is 12.5. The lowest BCUT2D eigenvalue weighted by Crippen LogP contribution is -2.39. The van der Waals surface area contributed by atoms with Gasteiger partial charge < -0.3 is 0 Å². The van der Waals surface area contributed by atoms with Gasteiger partial charge in [0.15, 0.2) is 5.78 Å². The Hall–Kier alpha value is -0.860. The Balaban J connectivity index is 0.00000162. The Morgan fingerprint density at radius 1 is 1.22 bits per heavy atom. The third-order valence-electron chi connectivity index (χ3n) is 3.50. The predicted octanol–water partition coefficient (Wildman–Crippen LogP) is 3.56. The van der Waals surface area contributed by atoms with Crippen molar-refractivity contribution in [3.05, 3.63) is 35.9 Å². The third-order valence-corrected chi connectivity index (χ3v) is 3.50. The van der Waals surface area contributed by atoms with E-state index < -0.39 is 0 Å². The minimum absolute atomic E-state index is 0. The van der Waals surface area contributed by atoms with Crippen molar-refractivity contribution in [1.82, 2.24) is 4.90 Å². The van der Waals surface area contributed by atoms with Crippen LogP contribution < -0.4 is 0 Å². The van der Waals surface area contributed by atoms with Gasteiger partial charge in [-0.3, -0.25) is 9.69 Å². The van der Waals surface area contributed by atoms with Crippen LogP contribution in [0.4, 0.5) is 0 Å². The summed E-state index contributed by atoms with van der Waals surface area (Å²) in [5.74, 6) is 0.300. The maximum atomic E-state index is 12.5. The highest BCUT2D eigenvalue weighted by atomic mass is 35.5. The summed E-state index contributed by atoms with van der Waals surface area (Å²) in [6, 6.07) is 9.81. The number of nitrogens with zero attached hydrogens (tertiary/aromatic N) is 1. The molecule has 1 aromatic carbocycles. The van der Waals surface area contributed by atoms with Crippen LogP contribution in [0.15, 0.2) is 30.3 Å². The summed E-state index contributed by atoms with van der Waals surface area (Å²) in [4.78, 5) is 14.8. The minimum Gasteiger partial charge on any atom is -0.293 e. The molecule has 0 radical (unpaired) electrons. The average Bonchev–Trinajstić information content (AvgIpc) is 2.90.